The van der Waals surface area contributed by atoms with E-state index in [1.165, 1.54) is 9.58 Å². The number of hydrogen-bond donors (Lipinski definition) is 1. The van der Waals surface area contributed by atoms with Crippen LogP contribution >= 0.6 is 0 Å². The van der Waals surface area contributed by atoms with Gasteiger partial charge in [-0.25, -0.2) is 9.07 Å². The lowest BCUT2D eigenvalue weighted by atomic mass is 9.87. The summed E-state index contributed by atoms with van der Waals surface area (Å²) in [6.07, 6.45) is 3.58. The van der Waals surface area contributed by atoms with Gasteiger partial charge in [-0.15, -0.1) is 0 Å². The van der Waals surface area contributed by atoms with E-state index >= 15 is 4.39 Å². The molecule has 2 heterocycles. The van der Waals surface area contributed by atoms with Crippen LogP contribution in [0, 0.1) is 5.82 Å². The first-order chi connectivity index (χ1) is 17.7. The third kappa shape index (κ3) is 3.71. The number of carbonyl (C=O) groups excluding carboxylic acids is 2. The molecule has 2 aromatic carbocycles. The van der Waals surface area contributed by atoms with Crippen molar-refractivity contribution in [2.45, 2.75) is 36.5 Å². The Morgan fingerprint density at radius 2 is 1.84 bits per heavy atom. The van der Waals surface area contributed by atoms with Crippen molar-refractivity contribution in [2.24, 2.45) is 5.73 Å². The van der Waals surface area contributed by atoms with E-state index in [1.807, 2.05) is 20.2 Å². The number of aromatic nitrogens is 2. The molecule has 0 saturated heterocycles. The summed E-state index contributed by atoms with van der Waals surface area (Å²) in [4.78, 5) is 30.0. The average Bonchev–Trinajstić information content (AvgIpc) is 3.78. The predicted molar refractivity (Wildman–Crippen MR) is 137 cm³/mol. The first-order valence-corrected chi connectivity index (χ1v) is 12.5. The molecule has 2 saturated carbocycles. The molecular formula is C28H30FN5O3. The van der Waals surface area contributed by atoms with E-state index in [0.29, 0.717) is 17.0 Å². The number of likely N-dealkylation sites (N-methyl/N-ethyl adjacent to an activating group) is 1. The summed E-state index contributed by atoms with van der Waals surface area (Å²) in [5.41, 5.74) is 7.97. The van der Waals surface area contributed by atoms with Crippen molar-refractivity contribution in [3.63, 3.8) is 0 Å². The molecule has 192 valence electrons. The van der Waals surface area contributed by atoms with Gasteiger partial charge in [0.15, 0.2) is 5.69 Å². The average molecular weight is 504 g/mol. The Kier molecular flexibility index (Phi) is 5.21. The maximum Gasteiger partial charge on any atom is 0.277 e. The quantitative estimate of drug-likeness (QED) is 0.534. The molecule has 2 N–H and O–H groups in total. The van der Waals surface area contributed by atoms with Crippen molar-refractivity contribution in [1.29, 1.82) is 0 Å². The van der Waals surface area contributed by atoms with E-state index < -0.39 is 23.0 Å². The molecule has 2 amide bonds. The smallest absolute Gasteiger partial charge is 0.277 e. The molecule has 2 fully saturated rings. The van der Waals surface area contributed by atoms with Crippen LogP contribution in [0.25, 0.3) is 5.69 Å². The molecule has 37 heavy (non-hydrogen) atoms. The number of halogens is 1. The third-order valence-corrected chi connectivity index (χ3v) is 8.05. The van der Waals surface area contributed by atoms with E-state index in [9.17, 15) is 9.59 Å². The van der Waals surface area contributed by atoms with Gasteiger partial charge in [0.1, 0.15) is 17.3 Å². The van der Waals surface area contributed by atoms with Crippen molar-refractivity contribution >= 4 is 17.5 Å². The van der Waals surface area contributed by atoms with Crippen molar-refractivity contribution in [2.75, 3.05) is 39.2 Å². The van der Waals surface area contributed by atoms with Gasteiger partial charge in [-0.3, -0.25) is 9.59 Å². The van der Waals surface area contributed by atoms with E-state index in [0.717, 1.165) is 37.8 Å². The van der Waals surface area contributed by atoms with Gasteiger partial charge in [-0.2, -0.15) is 5.10 Å². The highest BCUT2D eigenvalue weighted by atomic mass is 19.1. The molecule has 1 aliphatic heterocycles. The lowest BCUT2D eigenvalue weighted by Gasteiger charge is -2.34. The Balaban J connectivity index is 1.44. The van der Waals surface area contributed by atoms with E-state index in [2.05, 4.69) is 10.00 Å². The molecular weight excluding hydrogens is 473 g/mol. The number of nitrogens with zero attached hydrogens (tertiary/aromatic N) is 4. The number of benzene rings is 2. The summed E-state index contributed by atoms with van der Waals surface area (Å²) in [5.74, 6) is -0.844. The third-order valence-electron chi connectivity index (χ3n) is 8.05. The summed E-state index contributed by atoms with van der Waals surface area (Å²) in [6.45, 7) is 1.14. The first kappa shape index (κ1) is 23.7. The summed E-state index contributed by atoms with van der Waals surface area (Å²) in [7, 11) is 5.62. The standard InChI is InChI=1S/C28H30FN5O3/c1-32(2)15-27(10-11-27)17-4-9-21(20(29)14-17)33-16-28(12-13-28)22-23(25(30)35)31-34(24(22)26(33)36)18-5-7-19(37-3)8-6-18/h4-9,14H,10-13,15-16H2,1-3H3,(H2,30,35). The highest BCUT2D eigenvalue weighted by Gasteiger charge is 2.56. The molecule has 0 radical (unpaired) electrons. The fourth-order valence-electron chi connectivity index (χ4n) is 5.89. The second-order valence-electron chi connectivity index (χ2n) is 10.9. The van der Waals surface area contributed by atoms with Gasteiger partial charge in [-0.05, 0) is 81.7 Å². The number of rotatable bonds is 7. The lowest BCUT2D eigenvalue weighted by molar-refractivity contribution is 0.0965. The maximum absolute atomic E-state index is 15.7. The van der Waals surface area contributed by atoms with Gasteiger partial charge in [0.25, 0.3) is 11.8 Å². The number of fused-ring (bicyclic) bond motifs is 2. The lowest BCUT2D eigenvalue weighted by Crippen LogP contribution is -2.45. The zero-order chi connectivity index (χ0) is 26.1. The van der Waals surface area contributed by atoms with Crippen LogP contribution in [0.2, 0.25) is 0 Å². The predicted octanol–water partition coefficient (Wildman–Crippen LogP) is 3.40. The van der Waals surface area contributed by atoms with Crippen LogP contribution in [0.4, 0.5) is 10.1 Å². The van der Waals surface area contributed by atoms with Gasteiger partial charge in [0.2, 0.25) is 0 Å². The van der Waals surface area contributed by atoms with Crippen molar-refractivity contribution < 1.29 is 18.7 Å². The Morgan fingerprint density at radius 1 is 1.14 bits per heavy atom. The Labute approximate surface area is 214 Å². The summed E-state index contributed by atoms with van der Waals surface area (Å²) in [6, 6.07) is 12.3. The molecule has 1 spiro atoms. The van der Waals surface area contributed by atoms with E-state index in [1.54, 1.807) is 43.5 Å². The van der Waals surface area contributed by atoms with Gasteiger partial charge in [0.05, 0.1) is 18.5 Å². The van der Waals surface area contributed by atoms with Gasteiger partial charge in [-0.1, -0.05) is 6.07 Å². The van der Waals surface area contributed by atoms with Crippen molar-refractivity contribution in [1.82, 2.24) is 14.7 Å². The minimum Gasteiger partial charge on any atom is -0.497 e. The molecule has 0 atom stereocenters. The highest BCUT2D eigenvalue weighted by molar-refractivity contribution is 6.10. The van der Waals surface area contributed by atoms with E-state index in [4.69, 9.17) is 10.5 Å². The van der Waals surface area contributed by atoms with Gasteiger partial charge < -0.3 is 20.3 Å². The maximum atomic E-state index is 15.7. The number of anilines is 1. The summed E-state index contributed by atoms with van der Waals surface area (Å²) in [5, 5.41) is 4.49. The highest BCUT2D eigenvalue weighted by Crippen LogP contribution is 2.55. The molecule has 3 aliphatic rings. The molecule has 9 heteroatoms. The number of methoxy groups -OCH3 is 1. The molecule has 8 nitrogen and oxygen atoms in total. The zero-order valence-corrected chi connectivity index (χ0v) is 21.3. The molecule has 0 unspecified atom stereocenters. The van der Waals surface area contributed by atoms with Crippen LogP contribution in [-0.4, -0.2) is 60.8 Å². The Hall–Kier alpha value is -3.72. The minimum absolute atomic E-state index is 0.0248. The van der Waals surface area contributed by atoms with Crippen LogP contribution in [-0.2, 0) is 10.8 Å². The summed E-state index contributed by atoms with van der Waals surface area (Å²) < 4.78 is 22.4. The number of nitrogens with two attached hydrogens (primary N) is 1. The number of ether oxygens (including phenoxy) is 1. The monoisotopic (exact) mass is 503 g/mol. The second kappa shape index (κ2) is 8.14. The fourth-order valence-corrected chi connectivity index (χ4v) is 5.89. The molecule has 3 aromatic rings. The fraction of sp³-hybridized carbons (Fsp3) is 0.393. The molecule has 0 bridgehead atoms. The topological polar surface area (TPSA) is 93.7 Å². The largest absolute Gasteiger partial charge is 0.497 e. The Bertz CT molecular complexity index is 1420. The zero-order valence-electron chi connectivity index (χ0n) is 21.3. The second-order valence-corrected chi connectivity index (χ2v) is 10.9. The number of carbonyl (C=O) groups is 2. The Morgan fingerprint density at radius 3 is 2.38 bits per heavy atom. The van der Waals surface area contributed by atoms with Crippen LogP contribution < -0.4 is 15.4 Å². The SMILES string of the molecule is COc1ccc(-n2nc(C(N)=O)c3c2C(=O)N(c2ccc(C4(CN(C)C)CC4)cc2F)CC32CC2)cc1. The number of amides is 2. The summed E-state index contributed by atoms with van der Waals surface area (Å²) >= 11 is 0. The normalized spacial score (nSPS) is 18.7. The molecule has 6 rings (SSSR count). The number of hydrogen-bond acceptors (Lipinski definition) is 5. The van der Waals surface area contributed by atoms with Crippen molar-refractivity contribution in [3.8, 4) is 11.4 Å². The molecule has 2 aliphatic carbocycles. The van der Waals surface area contributed by atoms with Crippen LogP contribution in [0.5, 0.6) is 5.75 Å². The van der Waals surface area contributed by atoms with Crippen LogP contribution in [0.3, 0.4) is 0 Å². The van der Waals surface area contributed by atoms with Crippen LogP contribution in [0.15, 0.2) is 42.5 Å². The van der Waals surface area contributed by atoms with Crippen molar-refractivity contribution in [3.05, 3.63) is 70.8 Å². The molecule has 1 aromatic heterocycles. The van der Waals surface area contributed by atoms with Gasteiger partial charge in [0, 0.05) is 29.5 Å². The van der Waals surface area contributed by atoms with E-state index in [-0.39, 0.29) is 29.0 Å². The minimum atomic E-state index is -0.679. The number of primary amides is 1. The first-order valence-electron chi connectivity index (χ1n) is 12.5. The van der Waals surface area contributed by atoms with Gasteiger partial charge >= 0.3 is 0 Å². The van der Waals surface area contributed by atoms with Crippen LogP contribution in [0.1, 0.15) is 57.8 Å².